The summed E-state index contributed by atoms with van der Waals surface area (Å²) in [4.78, 5) is 12.5. The highest BCUT2D eigenvalue weighted by Crippen LogP contribution is 2.46. The molecule has 1 heterocycles. The second kappa shape index (κ2) is 4.68. The molecule has 0 aromatic rings. The van der Waals surface area contributed by atoms with Gasteiger partial charge in [0.25, 0.3) is 5.92 Å². The first-order valence-electron chi connectivity index (χ1n) is 6.19. The molecule has 114 valence electrons. The summed E-state index contributed by atoms with van der Waals surface area (Å²) in [6.07, 6.45) is -5.49. The van der Waals surface area contributed by atoms with Crippen LogP contribution < -0.4 is 0 Å². The van der Waals surface area contributed by atoms with Gasteiger partial charge in [-0.1, -0.05) is 12.2 Å². The third-order valence-corrected chi connectivity index (χ3v) is 3.79. The van der Waals surface area contributed by atoms with E-state index < -0.39 is 49.0 Å². The molecule has 1 amide bonds. The molecule has 0 saturated carbocycles. The first kappa shape index (κ1) is 15.2. The van der Waals surface area contributed by atoms with Gasteiger partial charge in [0.15, 0.2) is 0 Å². The lowest BCUT2D eigenvalue weighted by Crippen LogP contribution is -2.51. The Hall–Kier alpha value is -1.18. The van der Waals surface area contributed by atoms with Crippen LogP contribution in [0.4, 0.5) is 22.0 Å². The van der Waals surface area contributed by atoms with Gasteiger partial charge in [0.1, 0.15) is 6.10 Å². The predicted molar refractivity (Wildman–Crippen MR) is 59.1 cm³/mol. The number of halogens is 5. The molecule has 20 heavy (non-hydrogen) atoms. The van der Waals surface area contributed by atoms with Crippen LogP contribution in [-0.4, -0.2) is 46.2 Å². The fourth-order valence-electron chi connectivity index (χ4n) is 2.80. The Morgan fingerprint density at radius 3 is 2.55 bits per heavy atom. The van der Waals surface area contributed by atoms with Crippen LogP contribution in [0.1, 0.15) is 25.7 Å². The quantitative estimate of drug-likeness (QED) is 0.627. The van der Waals surface area contributed by atoms with Crippen molar-refractivity contribution in [2.75, 3.05) is 6.54 Å². The molecule has 0 radical (unpaired) electrons. The second-order valence-corrected chi connectivity index (χ2v) is 5.19. The fourth-order valence-corrected chi connectivity index (χ4v) is 2.80. The lowest BCUT2D eigenvalue weighted by atomic mass is 9.91. The van der Waals surface area contributed by atoms with Crippen molar-refractivity contribution in [3.63, 3.8) is 0 Å². The summed E-state index contributed by atoms with van der Waals surface area (Å²) < 4.78 is 63.6. The molecule has 1 N–H and O–H groups in total. The topological polar surface area (TPSA) is 40.5 Å². The largest absolute Gasteiger partial charge is 0.389 e. The molecule has 1 aliphatic carbocycles. The summed E-state index contributed by atoms with van der Waals surface area (Å²) in [6, 6.07) is 0. The maximum absolute atomic E-state index is 13.6. The molecule has 2 atom stereocenters. The number of alkyl halides is 5. The minimum Gasteiger partial charge on any atom is -0.384 e. The highest BCUT2D eigenvalue weighted by atomic mass is 19.4. The number of aliphatic hydroxyl groups is 1. The zero-order chi connectivity index (χ0) is 15.2. The van der Waals surface area contributed by atoms with Crippen molar-refractivity contribution in [3.8, 4) is 0 Å². The van der Waals surface area contributed by atoms with E-state index in [-0.39, 0.29) is 6.42 Å². The first-order chi connectivity index (χ1) is 9.08. The van der Waals surface area contributed by atoms with E-state index in [1.165, 1.54) is 6.08 Å². The van der Waals surface area contributed by atoms with Crippen molar-refractivity contribution >= 4 is 5.91 Å². The highest BCUT2D eigenvalue weighted by molar-refractivity contribution is 5.78. The van der Waals surface area contributed by atoms with Crippen molar-refractivity contribution in [2.45, 2.75) is 49.4 Å². The summed E-state index contributed by atoms with van der Waals surface area (Å²) >= 11 is 0. The van der Waals surface area contributed by atoms with Crippen LogP contribution in [-0.2, 0) is 4.79 Å². The Labute approximate surface area is 112 Å². The number of carbonyl (C=O) groups is 1. The standard InChI is InChI=1S/C12H14F5NO2/c13-11(14)7-18(8(19)3-6-12(15,16)17)10(9(11)20)4-1-2-5-10/h1,4,9,20H,2-3,5-7H2. The first-order valence-corrected chi connectivity index (χ1v) is 6.19. The van der Waals surface area contributed by atoms with Crippen molar-refractivity contribution in [1.29, 1.82) is 0 Å². The molecule has 1 fully saturated rings. The number of amides is 1. The Morgan fingerprint density at radius 2 is 2.05 bits per heavy atom. The number of aliphatic hydroxyl groups excluding tert-OH is 1. The number of carbonyl (C=O) groups excluding carboxylic acids is 1. The molecule has 1 aliphatic heterocycles. The minimum absolute atomic E-state index is 0.0987. The van der Waals surface area contributed by atoms with Gasteiger partial charge in [-0.25, -0.2) is 8.78 Å². The lowest BCUT2D eigenvalue weighted by Gasteiger charge is -2.35. The zero-order valence-electron chi connectivity index (χ0n) is 10.5. The van der Waals surface area contributed by atoms with Crippen LogP contribution in [0.15, 0.2) is 12.2 Å². The molecule has 0 aromatic heterocycles. The summed E-state index contributed by atoms with van der Waals surface area (Å²) in [5, 5.41) is 9.74. The number of allylic oxidation sites excluding steroid dienone is 1. The Morgan fingerprint density at radius 1 is 1.40 bits per heavy atom. The Bertz CT molecular complexity index is 434. The second-order valence-electron chi connectivity index (χ2n) is 5.19. The minimum atomic E-state index is -4.52. The van der Waals surface area contributed by atoms with Gasteiger partial charge in [0.2, 0.25) is 5.91 Å². The van der Waals surface area contributed by atoms with Gasteiger partial charge in [0.05, 0.1) is 18.5 Å². The highest BCUT2D eigenvalue weighted by Gasteiger charge is 2.63. The van der Waals surface area contributed by atoms with E-state index in [1.807, 2.05) is 0 Å². The normalized spacial score (nSPS) is 32.3. The molecular weight excluding hydrogens is 285 g/mol. The van der Waals surface area contributed by atoms with Crippen LogP contribution in [0.2, 0.25) is 0 Å². The molecule has 0 aromatic carbocycles. The molecule has 0 bridgehead atoms. The van der Waals surface area contributed by atoms with Gasteiger partial charge < -0.3 is 10.0 Å². The predicted octanol–water partition coefficient (Wildman–Crippen LogP) is 2.26. The van der Waals surface area contributed by atoms with Gasteiger partial charge in [-0.05, 0) is 12.8 Å². The molecule has 1 spiro atoms. The van der Waals surface area contributed by atoms with E-state index in [1.54, 1.807) is 6.08 Å². The van der Waals surface area contributed by atoms with Crippen LogP contribution in [0, 0.1) is 0 Å². The maximum atomic E-state index is 13.6. The fraction of sp³-hybridized carbons (Fsp3) is 0.750. The molecule has 2 rings (SSSR count). The van der Waals surface area contributed by atoms with Gasteiger partial charge in [0, 0.05) is 6.42 Å². The summed E-state index contributed by atoms with van der Waals surface area (Å²) in [5.41, 5.74) is -1.56. The molecule has 2 aliphatic rings. The van der Waals surface area contributed by atoms with E-state index in [2.05, 4.69) is 0 Å². The van der Waals surface area contributed by atoms with Crippen molar-refractivity contribution < 1.29 is 31.9 Å². The molecule has 3 nitrogen and oxygen atoms in total. The SMILES string of the molecule is O=C(CCC(F)(F)F)N1CC(F)(F)C(O)C12C=CCC2. The number of nitrogens with zero attached hydrogens (tertiary/aromatic N) is 1. The number of rotatable bonds is 2. The van der Waals surface area contributed by atoms with Crippen molar-refractivity contribution in [3.05, 3.63) is 12.2 Å². The molecule has 2 unspecified atom stereocenters. The van der Waals surface area contributed by atoms with E-state index in [0.29, 0.717) is 11.3 Å². The molecule has 8 heteroatoms. The van der Waals surface area contributed by atoms with Gasteiger partial charge in [-0.2, -0.15) is 13.2 Å². The van der Waals surface area contributed by atoms with E-state index in [0.717, 1.165) is 0 Å². The third kappa shape index (κ3) is 2.53. The Balaban J connectivity index is 2.17. The van der Waals surface area contributed by atoms with Gasteiger partial charge in [-0.3, -0.25) is 4.79 Å². The van der Waals surface area contributed by atoms with Crippen LogP contribution in [0.5, 0.6) is 0 Å². The smallest absolute Gasteiger partial charge is 0.384 e. The summed E-state index contributed by atoms with van der Waals surface area (Å²) in [5.74, 6) is -4.52. The molecular formula is C12H14F5NO2. The number of likely N-dealkylation sites (tertiary alicyclic amines) is 1. The van der Waals surface area contributed by atoms with Crippen molar-refractivity contribution in [2.24, 2.45) is 0 Å². The van der Waals surface area contributed by atoms with E-state index in [4.69, 9.17) is 0 Å². The Kier molecular flexibility index (Phi) is 3.56. The van der Waals surface area contributed by atoms with Gasteiger partial charge in [-0.15, -0.1) is 0 Å². The number of hydrogen-bond acceptors (Lipinski definition) is 2. The molecule has 1 saturated heterocycles. The van der Waals surface area contributed by atoms with E-state index >= 15 is 0 Å². The van der Waals surface area contributed by atoms with Crippen LogP contribution in [0.25, 0.3) is 0 Å². The van der Waals surface area contributed by atoms with Gasteiger partial charge >= 0.3 is 6.18 Å². The van der Waals surface area contributed by atoms with Crippen LogP contribution >= 0.6 is 0 Å². The average molecular weight is 299 g/mol. The monoisotopic (exact) mass is 299 g/mol. The lowest BCUT2D eigenvalue weighted by molar-refractivity contribution is -0.151. The zero-order valence-corrected chi connectivity index (χ0v) is 10.5. The summed E-state index contributed by atoms with van der Waals surface area (Å²) in [7, 11) is 0. The average Bonchev–Trinajstić information content (AvgIpc) is 2.87. The van der Waals surface area contributed by atoms with Crippen LogP contribution in [0.3, 0.4) is 0 Å². The van der Waals surface area contributed by atoms with Crippen molar-refractivity contribution in [1.82, 2.24) is 4.90 Å². The summed E-state index contributed by atoms with van der Waals surface area (Å²) in [6.45, 7) is -1.05. The third-order valence-electron chi connectivity index (χ3n) is 3.79. The maximum Gasteiger partial charge on any atom is 0.389 e. The van der Waals surface area contributed by atoms with E-state index in [9.17, 15) is 31.9 Å². The number of hydrogen-bond donors (Lipinski definition) is 1.